The molecule has 26 heavy (non-hydrogen) atoms. The zero-order valence-electron chi connectivity index (χ0n) is 15.7. The molecule has 0 radical (unpaired) electrons. The Labute approximate surface area is 156 Å². The smallest absolute Gasteiger partial charge is 0.270 e. The van der Waals surface area contributed by atoms with Crippen molar-refractivity contribution in [3.63, 3.8) is 0 Å². The molecule has 5 heteroatoms. The summed E-state index contributed by atoms with van der Waals surface area (Å²) in [4.78, 5) is 21.4. The lowest BCUT2D eigenvalue weighted by atomic mass is 10.1. The summed E-state index contributed by atoms with van der Waals surface area (Å²) < 4.78 is 0. The van der Waals surface area contributed by atoms with E-state index in [1.54, 1.807) is 6.07 Å². The van der Waals surface area contributed by atoms with Crippen LogP contribution in [0.5, 0.6) is 0 Å². The number of likely N-dealkylation sites (N-methyl/N-ethyl adjacent to an activating group) is 1. The summed E-state index contributed by atoms with van der Waals surface area (Å²) >= 11 is 0. The van der Waals surface area contributed by atoms with Gasteiger partial charge >= 0.3 is 0 Å². The van der Waals surface area contributed by atoms with Crippen LogP contribution in [0.4, 0.5) is 0 Å². The number of aryl methyl sites for hydroxylation is 1. The molecule has 2 aromatic rings. The standard InChI is InChI=1S/C21H28N4O/c1-3-24-11-13-25(14-12-24)16-19-9-7-18(8-10-19)15-22-21(26)20-6-4-5-17(2)23-20/h4-10H,3,11-16H2,1-2H3,(H,22,26). The monoisotopic (exact) mass is 352 g/mol. The lowest BCUT2D eigenvalue weighted by Crippen LogP contribution is -2.45. The lowest BCUT2D eigenvalue weighted by Gasteiger charge is -2.34. The molecular weight excluding hydrogens is 324 g/mol. The van der Waals surface area contributed by atoms with E-state index in [-0.39, 0.29) is 5.91 Å². The number of carbonyl (C=O) groups excluding carboxylic acids is 1. The molecule has 0 spiro atoms. The van der Waals surface area contributed by atoms with Gasteiger partial charge in [0, 0.05) is 45.0 Å². The molecule has 1 aromatic heterocycles. The highest BCUT2D eigenvalue weighted by molar-refractivity contribution is 5.92. The average molecular weight is 352 g/mol. The van der Waals surface area contributed by atoms with Gasteiger partial charge in [0.25, 0.3) is 5.91 Å². The number of nitrogens with zero attached hydrogens (tertiary/aromatic N) is 3. The van der Waals surface area contributed by atoms with Crippen LogP contribution in [0, 0.1) is 6.92 Å². The van der Waals surface area contributed by atoms with Gasteiger partial charge in [-0.3, -0.25) is 9.69 Å². The summed E-state index contributed by atoms with van der Waals surface area (Å²) in [7, 11) is 0. The van der Waals surface area contributed by atoms with Gasteiger partial charge in [0.15, 0.2) is 0 Å². The number of amides is 1. The third-order valence-corrected chi connectivity index (χ3v) is 4.92. The topological polar surface area (TPSA) is 48.5 Å². The number of rotatable bonds is 6. The number of hydrogen-bond acceptors (Lipinski definition) is 4. The summed E-state index contributed by atoms with van der Waals surface area (Å²) in [6.45, 7) is 11.4. The van der Waals surface area contributed by atoms with Crippen molar-refractivity contribution in [2.45, 2.75) is 26.9 Å². The van der Waals surface area contributed by atoms with Crippen molar-refractivity contribution in [2.75, 3.05) is 32.7 Å². The summed E-state index contributed by atoms with van der Waals surface area (Å²) in [5.41, 5.74) is 3.74. The van der Waals surface area contributed by atoms with E-state index in [2.05, 4.69) is 51.3 Å². The summed E-state index contributed by atoms with van der Waals surface area (Å²) in [6.07, 6.45) is 0. The largest absolute Gasteiger partial charge is 0.347 e. The van der Waals surface area contributed by atoms with E-state index < -0.39 is 0 Å². The van der Waals surface area contributed by atoms with Gasteiger partial charge in [-0.1, -0.05) is 37.3 Å². The van der Waals surface area contributed by atoms with Gasteiger partial charge in [-0.25, -0.2) is 4.98 Å². The van der Waals surface area contributed by atoms with Crippen molar-refractivity contribution in [2.24, 2.45) is 0 Å². The maximum absolute atomic E-state index is 12.2. The number of pyridine rings is 1. The van der Waals surface area contributed by atoms with Gasteiger partial charge in [0.1, 0.15) is 5.69 Å². The summed E-state index contributed by atoms with van der Waals surface area (Å²) in [5, 5.41) is 2.94. The molecular formula is C21H28N4O. The first kappa shape index (κ1) is 18.5. The number of carbonyl (C=O) groups is 1. The molecule has 3 rings (SSSR count). The highest BCUT2D eigenvalue weighted by Gasteiger charge is 2.15. The first-order valence-electron chi connectivity index (χ1n) is 9.38. The second-order valence-corrected chi connectivity index (χ2v) is 6.87. The Bertz CT molecular complexity index is 721. The van der Waals surface area contributed by atoms with Crippen molar-refractivity contribution < 1.29 is 4.79 Å². The molecule has 1 N–H and O–H groups in total. The number of nitrogens with one attached hydrogen (secondary N) is 1. The minimum absolute atomic E-state index is 0.133. The lowest BCUT2D eigenvalue weighted by molar-refractivity contribution is 0.0945. The highest BCUT2D eigenvalue weighted by atomic mass is 16.1. The van der Waals surface area contributed by atoms with Crippen LogP contribution in [0.3, 0.4) is 0 Å². The van der Waals surface area contributed by atoms with Crippen LogP contribution in [0.25, 0.3) is 0 Å². The van der Waals surface area contributed by atoms with Crippen molar-refractivity contribution in [1.82, 2.24) is 20.1 Å². The molecule has 0 saturated carbocycles. The molecule has 1 amide bonds. The molecule has 1 aliphatic rings. The van der Waals surface area contributed by atoms with Crippen molar-refractivity contribution in [1.29, 1.82) is 0 Å². The van der Waals surface area contributed by atoms with Gasteiger partial charge in [-0.05, 0) is 36.7 Å². The zero-order chi connectivity index (χ0) is 18.4. The van der Waals surface area contributed by atoms with E-state index in [0.717, 1.165) is 50.5 Å². The van der Waals surface area contributed by atoms with Crippen molar-refractivity contribution in [3.05, 3.63) is 65.0 Å². The fourth-order valence-electron chi connectivity index (χ4n) is 3.23. The first-order valence-corrected chi connectivity index (χ1v) is 9.38. The van der Waals surface area contributed by atoms with Gasteiger partial charge in [0.05, 0.1) is 0 Å². The number of aromatic nitrogens is 1. The summed E-state index contributed by atoms with van der Waals surface area (Å²) in [5.74, 6) is -0.133. The Morgan fingerprint density at radius 1 is 1.00 bits per heavy atom. The number of benzene rings is 1. The maximum Gasteiger partial charge on any atom is 0.270 e. The quantitative estimate of drug-likeness (QED) is 0.868. The van der Waals surface area contributed by atoms with Crippen LogP contribution in [0.15, 0.2) is 42.5 Å². The predicted octanol–water partition coefficient (Wildman–Crippen LogP) is 2.46. The minimum atomic E-state index is -0.133. The Balaban J connectivity index is 1.48. The molecule has 2 heterocycles. The number of hydrogen-bond donors (Lipinski definition) is 1. The normalized spacial score (nSPS) is 15.8. The predicted molar refractivity (Wildman–Crippen MR) is 104 cm³/mol. The third-order valence-electron chi connectivity index (χ3n) is 4.92. The fraction of sp³-hybridized carbons (Fsp3) is 0.429. The second-order valence-electron chi connectivity index (χ2n) is 6.87. The van der Waals surface area contributed by atoms with E-state index in [4.69, 9.17) is 0 Å². The molecule has 1 saturated heterocycles. The van der Waals surface area contributed by atoms with Crippen LogP contribution in [0.2, 0.25) is 0 Å². The molecule has 1 aromatic carbocycles. The molecule has 1 fully saturated rings. The van der Waals surface area contributed by atoms with E-state index in [1.165, 1.54) is 5.56 Å². The first-order chi connectivity index (χ1) is 12.6. The zero-order valence-corrected chi connectivity index (χ0v) is 15.7. The van der Waals surface area contributed by atoms with Crippen LogP contribution in [0.1, 0.15) is 34.2 Å². The molecule has 0 bridgehead atoms. The Kier molecular flexibility index (Phi) is 6.36. The van der Waals surface area contributed by atoms with Crippen molar-refractivity contribution in [3.8, 4) is 0 Å². The molecule has 0 aliphatic carbocycles. The average Bonchev–Trinajstić information content (AvgIpc) is 2.68. The highest BCUT2D eigenvalue weighted by Crippen LogP contribution is 2.10. The number of piperazine rings is 1. The third kappa shape index (κ3) is 5.13. The van der Waals surface area contributed by atoms with Crippen LogP contribution < -0.4 is 5.32 Å². The summed E-state index contributed by atoms with van der Waals surface area (Å²) in [6, 6.07) is 14.0. The Hall–Kier alpha value is -2.24. The van der Waals surface area contributed by atoms with Crippen LogP contribution in [-0.4, -0.2) is 53.4 Å². The van der Waals surface area contributed by atoms with E-state index in [1.807, 2.05) is 19.1 Å². The van der Waals surface area contributed by atoms with Gasteiger partial charge in [0.2, 0.25) is 0 Å². The molecule has 5 nitrogen and oxygen atoms in total. The van der Waals surface area contributed by atoms with Gasteiger partial charge in [-0.15, -0.1) is 0 Å². The fourth-order valence-corrected chi connectivity index (χ4v) is 3.23. The van der Waals surface area contributed by atoms with Gasteiger partial charge < -0.3 is 10.2 Å². The SMILES string of the molecule is CCN1CCN(Cc2ccc(CNC(=O)c3cccc(C)n3)cc2)CC1. The Morgan fingerprint density at radius 2 is 1.65 bits per heavy atom. The van der Waals surface area contributed by atoms with Crippen LogP contribution in [-0.2, 0) is 13.1 Å². The molecule has 138 valence electrons. The van der Waals surface area contributed by atoms with Gasteiger partial charge in [-0.2, -0.15) is 0 Å². The second kappa shape index (κ2) is 8.92. The maximum atomic E-state index is 12.2. The van der Waals surface area contributed by atoms with Crippen molar-refractivity contribution >= 4 is 5.91 Å². The molecule has 0 unspecified atom stereocenters. The van der Waals surface area contributed by atoms with Crippen LogP contribution >= 0.6 is 0 Å². The molecule has 1 aliphatic heterocycles. The minimum Gasteiger partial charge on any atom is -0.347 e. The van der Waals surface area contributed by atoms with E-state index in [0.29, 0.717) is 12.2 Å². The van der Waals surface area contributed by atoms with E-state index in [9.17, 15) is 4.79 Å². The van der Waals surface area contributed by atoms with E-state index >= 15 is 0 Å². The molecule has 0 atom stereocenters. The Morgan fingerprint density at radius 3 is 2.31 bits per heavy atom.